The van der Waals surface area contributed by atoms with E-state index >= 15 is 0 Å². The van der Waals surface area contributed by atoms with E-state index in [1.165, 1.54) is 24.1 Å². The summed E-state index contributed by atoms with van der Waals surface area (Å²) in [4.78, 5) is 2.48. The zero-order valence-corrected chi connectivity index (χ0v) is 13.9. The Morgan fingerprint density at radius 3 is 2.65 bits per heavy atom. The van der Waals surface area contributed by atoms with Gasteiger partial charge in [0, 0.05) is 29.3 Å². The molecule has 0 spiro atoms. The summed E-state index contributed by atoms with van der Waals surface area (Å²) in [5, 5.41) is 4.33. The smallest absolute Gasteiger partial charge is 0.0471 e. The molecule has 1 fully saturated rings. The lowest BCUT2D eigenvalue weighted by molar-refractivity contribution is 0.518. The van der Waals surface area contributed by atoms with Crippen molar-refractivity contribution in [2.75, 3.05) is 18.0 Å². The van der Waals surface area contributed by atoms with Gasteiger partial charge in [0.15, 0.2) is 0 Å². The summed E-state index contributed by atoms with van der Waals surface area (Å²) in [6.07, 6.45) is 2.52. The predicted octanol–water partition coefficient (Wildman–Crippen LogP) is 4.46. The summed E-state index contributed by atoms with van der Waals surface area (Å²) in [5.41, 5.74) is 2.69. The molecule has 3 heteroatoms. The van der Waals surface area contributed by atoms with E-state index in [4.69, 9.17) is 11.6 Å². The van der Waals surface area contributed by atoms with Gasteiger partial charge in [-0.1, -0.05) is 31.5 Å². The third-order valence-corrected chi connectivity index (χ3v) is 4.47. The van der Waals surface area contributed by atoms with Gasteiger partial charge in [0.25, 0.3) is 0 Å². The number of anilines is 1. The lowest BCUT2D eigenvalue weighted by atomic mass is 10.0. The van der Waals surface area contributed by atoms with Crippen LogP contribution in [-0.2, 0) is 6.54 Å². The molecule has 1 aliphatic rings. The van der Waals surface area contributed by atoms with E-state index in [2.05, 4.69) is 56.1 Å². The number of halogens is 1. The highest BCUT2D eigenvalue weighted by Crippen LogP contribution is 2.35. The molecule has 1 aromatic carbocycles. The van der Waals surface area contributed by atoms with Crippen LogP contribution in [0.5, 0.6) is 0 Å². The second-order valence-electron chi connectivity index (χ2n) is 6.87. The first kappa shape index (κ1) is 15.7. The van der Waals surface area contributed by atoms with E-state index in [1.807, 2.05) is 0 Å². The Bertz CT molecular complexity index is 454. The van der Waals surface area contributed by atoms with Gasteiger partial charge in [-0.25, -0.2) is 0 Å². The van der Waals surface area contributed by atoms with Crippen LogP contribution in [0, 0.1) is 5.92 Å². The summed E-state index contributed by atoms with van der Waals surface area (Å²) in [7, 11) is 0. The molecule has 0 unspecified atom stereocenters. The average Bonchev–Trinajstić information content (AvgIpc) is 2.70. The van der Waals surface area contributed by atoms with E-state index in [1.54, 1.807) is 0 Å². The number of nitrogens with one attached hydrogen (secondary N) is 1. The fourth-order valence-electron chi connectivity index (χ4n) is 2.93. The van der Waals surface area contributed by atoms with Crippen LogP contribution < -0.4 is 10.2 Å². The van der Waals surface area contributed by atoms with Crippen LogP contribution in [0.15, 0.2) is 18.2 Å². The topological polar surface area (TPSA) is 15.3 Å². The van der Waals surface area contributed by atoms with Crippen LogP contribution in [0.2, 0.25) is 5.02 Å². The Kier molecular flexibility index (Phi) is 4.98. The Morgan fingerprint density at radius 2 is 2.10 bits per heavy atom. The van der Waals surface area contributed by atoms with Gasteiger partial charge in [0.05, 0.1) is 0 Å². The van der Waals surface area contributed by atoms with Gasteiger partial charge in [-0.05, 0) is 56.8 Å². The first-order valence-electron chi connectivity index (χ1n) is 7.67. The van der Waals surface area contributed by atoms with Gasteiger partial charge >= 0.3 is 0 Å². The Morgan fingerprint density at radius 1 is 1.35 bits per heavy atom. The van der Waals surface area contributed by atoms with E-state index < -0.39 is 0 Å². The van der Waals surface area contributed by atoms with Crippen molar-refractivity contribution in [1.82, 2.24) is 5.32 Å². The molecule has 1 heterocycles. The van der Waals surface area contributed by atoms with Crippen molar-refractivity contribution >= 4 is 17.3 Å². The molecule has 2 nitrogen and oxygen atoms in total. The summed E-state index contributed by atoms with van der Waals surface area (Å²) in [5.74, 6) is 0.665. The van der Waals surface area contributed by atoms with Gasteiger partial charge < -0.3 is 10.2 Å². The molecule has 0 saturated carbocycles. The van der Waals surface area contributed by atoms with Crippen molar-refractivity contribution in [2.45, 2.75) is 52.6 Å². The molecular formula is C17H27ClN2. The Hall–Kier alpha value is -0.730. The van der Waals surface area contributed by atoms with Gasteiger partial charge in [-0.2, -0.15) is 0 Å². The molecule has 0 aromatic heterocycles. The highest BCUT2D eigenvalue weighted by molar-refractivity contribution is 6.31. The number of rotatable bonds is 5. The number of nitrogens with zero attached hydrogens (tertiary/aromatic N) is 1. The molecule has 1 saturated heterocycles. The second-order valence-corrected chi connectivity index (χ2v) is 7.28. The molecule has 20 heavy (non-hydrogen) atoms. The molecule has 2 rings (SSSR count). The van der Waals surface area contributed by atoms with Gasteiger partial charge in [0.2, 0.25) is 0 Å². The van der Waals surface area contributed by atoms with Crippen molar-refractivity contribution in [3.63, 3.8) is 0 Å². The molecule has 1 aromatic rings. The minimum atomic E-state index is 0.251. The number of benzene rings is 1. The highest BCUT2D eigenvalue weighted by atomic mass is 35.5. The van der Waals surface area contributed by atoms with Gasteiger partial charge in [-0.3, -0.25) is 0 Å². The van der Waals surface area contributed by atoms with Crippen LogP contribution in [-0.4, -0.2) is 18.6 Å². The summed E-state index contributed by atoms with van der Waals surface area (Å²) in [6, 6.07) is 6.51. The molecule has 0 radical (unpaired) electrons. The fraction of sp³-hybridized carbons (Fsp3) is 0.647. The molecule has 0 atom stereocenters. The van der Waals surface area contributed by atoms with Crippen LogP contribution >= 0.6 is 11.6 Å². The average molecular weight is 295 g/mol. The molecular weight excluding hydrogens is 268 g/mol. The quantitative estimate of drug-likeness (QED) is 0.862. The Labute approximate surface area is 128 Å². The first-order chi connectivity index (χ1) is 9.40. The molecule has 0 amide bonds. The predicted molar refractivity (Wildman–Crippen MR) is 88.7 cm³/mol. The number of hydrogen-bond acceptors (Lipinski definition) is 2. The van der Waals surface area contributed by atoms with Gasteiger partial charge in [-0.15, -0.1) is 0 Å². The lowest BCUT2D eigenvalue weighted by Crippen LogP contribution is -2.38. The third-order valence-electron chi connectivity index (χ3n) is 4.12. The molecule has 1 N–H and O–H groups in total. The lowest BCUT2D eigenvalue weighted by Gasteiger charge is -2.34. The first-order valence-corrected chi connectivity index (χ1v) is 8.05. The molecule has 112 valence electrons. The van der Waals surface area contributed by atoms with Crippen molar-refractivity contribution in [3.8, 4) is 0 Å². The summed E-state index contributed by atoms with van der Waals surface area (Å²) >= 11 is 6.45. The SMILES string of the molecule is CC(C)CNCc1ccc(N2CCCC2(C)C)cc1Cl. The Balaban J connectivity index is 2.06. The number of hydrogen-bond donors (Lipinski definition) is 1. The summed E-state index contributed by atoms with van der Waals surface area (Å²) < 4.78 is 0. The van der Waals surface area contributed by atoms with Crippen molar-refractivity contribution in [2.24, 2.45) is 5.92 Å². The second kappa shape index (κ2) is 6.36. The maximum atomic E-state index is 6.45. The monoisotopic (exact) mass is 294 g/mol. The van der Waals surface area contributed by atoms with Crippen LogP contribution in [0.1, 0.15) is 46.1 Å². The minimum Gasteiger partial charge on any atom is -0.366 e. The van der Waals surface area contributed by atoms with E-state index in [9.17, 15) is 0 Å². The maximum absolute atomic E-state index is 6.45. The zero-order valence-electron chi connectivity index (χ0n) is 13.2. The van der Waals surface area contributed by atoms with E-state index in [0.717, 1.165) is 24.7 Å². The van der Waals surface area contributed by atoms with Crippen molar-refractivity contribution < 1.29 is 0 Å². The minimum absolute atomic E-state index is 0.251. The van der Waals surface area contributed by atoms with Crippen molar-refractivity contribution in [1.29, 1.82) is 0 Å². The van der Waals surface area contributed by atoms with E-state index in [0.29, 0.717) is 5.92 Å². The normalized spacial score (nSPS) is 18.0. The van der Waals surface area contributed by atoms with Crippen LogP contribution in [0.25, 0.3) is 0 Å². The standard InChI is InChI=1S/C17H27ClN2/c1-13(2)11-19-12-14-6-7-15(10-16(14)18)20-9-5-8-17(20,3)4/h6-7,10,13,19H,5,8-9,11-12H2,1-4H3. The molecule has 0 bridgehead atoms. The largest absolute Gasteiger partial charge is 0.366 e. The molecule has 0 aliphatic carbocycles. The van der Waals surface area contributed by atoms with E-state index in [-0.39, 0.29) is 5.54 Å². The highest BCUT2D eigenvalue weighted by Gasteiger charge is 2.32. The third kappa shape index (κ3) is 3.67. The van der Waals surface area contributed by atoms with Crippen LogP contribution in [0.4, 0.5) is 5.69 Å². The zero-order chi connectivity index (χ0) is 14.8. The molecule has 1 aliphatic heterocycles. The van der Waals surface area contributed by atoms with Crippen molar-refractivity contribution in [3.05, 3.63) is 28.8 Å². The fourth-order valence-corrected chi connectivity index (χ4v) is 3.17. The maximum Gasteiger partial charge on any atom is 0.0471 e. The van der Waals surface area contributed by atoms with Crippen LogP contribution in [0.3, 0.4) is 0 Å². The summed E-state index contributed by atoms with van der Waals surface area (Å²) in [6.45, 7) is 12.1. The van der Waals surface area contributed by atoms with Gasteiger partial charge in [0.1, 0.15) is 0 Å².